The van der Waals surface area contributed by atoms with Crippen molar-refractivity contribution in [2.75, 3.05) is 31.1 Å². The lowest BCUT2D eigenvalue weighted by molar-refractivity contribution is 0.567. The quantitative estimate of drug-likeness (QED) is 0.493. The van der Waals surface area contributed by atoms with Crippen molar-refractivity contribution in [1.29, 1.82) is 0 Å². The maximum absolute atomic E-state index is 5.88. The van der Waals surface area contributed by atoms with Gasteiger partial charge in [0.05, 0.1) is 0 Å². The molecule has 0 atom stereocenters. The van der Waals surface area contributed by atoms with Crippen LogP contribution in [0, 0.1) is 0 Å². The number of aromatic nitrogens is 1. The molecule has 26 heavy (non-hydrogen) atoms. The van der Waals surface area contributed by atoms with Crippen LogP contribution in [0.1, 0.15) is 63.9 Å². The van der Waals surface area contributed by atoms with Crippen molar-refractivity contribution in [3.8, 4) is 0 Å². The highest BCUT2D eigenvalue weighted by atomic mass is 16.4. The molecule has 0 aliphatic heterocycles. The van der Waals surface area contributed by atoms with Crippen molar-refractivity contribution >= 4 is 17.1 Å². The summed E-state index contributed by atoms with van der Waals surface area (Å²) in [7, 11) is 0. The van der Waals surface area contributed by atoms with Gasteiger partial charge in [0.25, 0.3) is 6.01 Å². The van der Waals surface area contributed by atoms with E-state index >= 15 is 0 Å². The second-order valence-electron chi connectivity index (χ2n) is 7.09. The molecule has 5 heteroatoms. The Morgan fingerprint density at radius 3 is 2.23 bits per heavy atom. The van der Waals surface area contributed by atoms with Crippen molar-refractivity contribution < 1.29 is 4.42 Å². The van der Waals surface area contributed by atoms with Crippen molar-refractivity contribution in [3.63, 3.8) is 0 Å². The van der Waals surface area contributed by atoms with E-state index in [1.54, 1.807) is 0 Å². The van der Waals surface area contributed by atoms with Gasteiger partial charge >= 0.3 is 0 Å². The smallest absolute Gasteiger partial charge is 0.298 e. The zero-order chi connectivity index (χ0) is 18.6. The molecule has 0 aliphatic carbocycles. The summed E-state index contributed by atoms with van der Waals surface area (Å²) < 4.78 is 5.88. The summed E-state index contributed by atoms with van der Waals surface area (Å²) in [6.07, 6.45) is 11.9. The normalized spacial score (nSPS) is 11.3. The molecule has 0 radical (unpaired) electrons. The standard InChI is InChI=1S/C21H36N4O/c1-2-3-4-5-6-7-8-9-10-18-11-12-20-19(17-18)24-21(26-20)25(15-13-22)16-14-23/h11-12,17H,2-10,13-16,22-23H2,1H3. The van der Waals surface area contributed by atoms with Crippen LogP contribution in [0.15, 0.2) is 22.6 Å². The minimum atomic E-state index is 0.558. The van der Waals surface area contributed by atoms with E-state index in [-0.39, 0.29) is 0 Å². The molecule has 0 saturated heterocycles. The van der Waals surface area contributed by atoms with Gasteiger partial charge in [0.1, 0.15) is 5.52 Å². The second-order valence-corrected chi connectivity index (χ2v) is 7.09. The van der Waals surface area contributed by atoms with Crippen LogP contribution in [0.3, 0.4) is 0 Å². The molecule has 0 fully saturated rings. The van der Waals surface area contributed by atoms with E-state index in [4.69, 9.17) is 15.9 Å². The Bertz CT molecular complexity index is 619. The monoisotopic (exact) mass is 360 g/mol. The summed E-state index contributed by atoms with van der Waals surface area (Å²) in [4.78, 5) is 6.66. The molecule has 4 N–H and O–H groups in total. The van der Waals surface area contributed by atoms with Gasteiger partial charge in [-0.1, -0.05) is 57.9 Å². The summed E-state index contributed by atoms with van der Waals surface area (Å²) >= 11 is 0. The molecular formula is C21H36N4O. The number of aryl methyl sites for hydroxylation is 1. The summed E-state index contributed by atoms with van der Waals surface area (Å²) in [5, 5.41) is 0. The fourth-order valence-corrected chi connectivity index (χ4v) is 3.33. The number of benzene rings is 1. The molecule has 5 nitrogen and oxygen atoms in total. The highest BCUT2D eigenvalue weighted by molar-refractivity contribution is 5.75. The van der Waals surface area contributed by atoms with Crippen LogP contribution >= 0.6 is 0 Å². The zero-order valence-corrected chi connectivity index (χ0v) is 16.4. The van der Waals surface area contributed by atoms with E-state index in [0.29, 0.717) is 32.2 Å². The van der Waals surface area contributed by atoms with Gasteiger partial charge in [-0.15, -0.1) is 0 Å². The number of rotatable bonds is 14. The Kier molecular flexibility index (Phi) is 9.50. The van der Waals surface area contributed by atoms with E-state index in [1.165, 1.54) is 56.9 Å². The van der Waals surface area contributed by atoms with Gasteiger partial charge in [0.15, 0.2) is 5.58 Å². The topological polar surface area (TPSA) is 81.3 Å². The molecule has 2 aromatic rings. The maximum atomic E-state index is 5.88. The van der Waals surface area contributed by atoms with Gasteiger partial charge in [-0.3, -0.25) is 0 Å². The van der Waals surface area contributed by atoms with Crippen LogP contribution in [-0.4, -0.2) is 31.2 Å². The molecule has 0 unspecified atom stereocenters. The number of nitrogens with two attached hydrogens (primary N) is 2. The van der Waals surface area contributed by atoms with Gasteiger partial charge in [-0.05, 0) is 30.5 Å². The molecule has 1 aromatic heterocycles. The molecule has 1 heterocycles. The number of hydrogen-bond donors (Lipinski definition) is 2. The molecule has 0 saturated carbocycles. The van der Waals surface area contributed by atoms with Crippen molar-refractivity contribution in [2.45, 2.75) is 64.7 Å². The summed E-state index contributed by atoms with van der Waals surface area (Å²) in [6.45, 7) is 4.79. The average Bonchev–Trinajstić information content (AvgIpc) is 3.07. The van der Waals surface area contributed by atoms with E-state index in [9.17, 15) is 0 Å². The van der Waals surface area contributed by atoms with Crippen LogP contribution in [0.5, 0.6) is 0 Å². The number of oxazole rings is 1. The Morgan fingerprint density at radius 2 is 1.58 bits per heavy atom. The highest BCUT2D eigenvalue weighted by Crippen LogP contribution is 2.23. The van der Waals surface area contributed by atoms with Crippen molar-refractivity contribution in [1.82, 2.24) is 4.98 Å². The molecule has 2 rings (SSSR count). The number of nitrogens with zero attached hydrogens (tertiary/aromatic N) is 2. The first-order chi connectivity index (χ1) is 12.8. The van der Waals surface area contributed by atoms with E-state index in [2.05, 4.69) is 24.0 Å². The third kappa shape index (κ3) is 6.61. The van der Waals surface area contributed by atoms with E-state index in [1.807, 2.05) is 11.0 Å². The molecule has 146 valence electrons. The van der Waals surface area contributed by atoms with Crippen molar-refractivity contribution in [3.05, 3.63) is 23.8 Å². The minimum Gasteiger partial charge on any atom is -0.423 e. The van der Waals surface area contributed by atoms with Crippen LogP contribution in [-0.2, 0) is 6.42 Å². The first-order valence-electron chi connectivity index (χ1n) is 10.3. The lowest BCUT2D eigenvalue weighted by atomic mass is 10.0. The number of anilines is 1. The van der Waals surface area contributed by atoms with Crippen LogP contribution < -0.4 is 16.4 Å². The first-order valence-corrected chi connectivity index (χ1v) is 10.3. The maximum Gasteiger partial charge on any atom is 0.298 e. The van der Waals surface area contributed by atoms with Gasteiger partial charge in [-0.25, -0.2) is 0 Å². The first kappa shape index (κ1) is 20.7. The molecule has 0 bridgehead atoms. The lowest BCUT2D eigenvalue weighted by Gasteiger charge is -2.18. The molecule has 1 aromatic carbocycles. The van der Waals surface area contributed by atoms with E-state index < -0.39 is 0 Å². The lowest BCUT2D eigenvalue weighted by Crippen LogP contribution is -2.34. The number of unbranched alkanes of at least 4 members (excludes halogenated alkanes) is 7. The third-order valence-corrected chi connectivity index (χ3v) is 4.83. The highest BCUT2D eigenvalue weighted by Gasteiger charge is 2.13. The van der Waals surface area contributed by atoms with Crippen LogP contribution in [0.4, 0.5) is 6.01 Å². The van der Waals surface area contributed by atoms with E-state index in [0.717, 1.165) is 17.5 Å². The largest absolute Gasteiger partial charge is 0.423 e. The van der Waals surface area contributed by atoms with Crippen LogP contribution in [0.25, 0.3) is 11.1 Å². The predicted octanol–water partition coefficient (Wildman–Crippen LogP) is 4.23. The Balaban J connectivity index is 1.82. The molecule has 0 aliphatic rings. The fourth-order valence-electron chi connectivity index (χ4n) is 3.33. The van der Waals surface area contributed by atoms with Gasteiger partial charge in [0.2, 0.25) is 0 Å². The van der Waals surface area contributed by atoms with Crippen molar-refractivity contribution in [2.24, 2.45) is 11.5 Å². The Hall–Kier alpha value is -1.59. The number of fused-ring (bicyclic) bond motifs is 1. The second kappa shape index (κ2) is 11.9. The third-order valence-electron chi connectivity index (χ3n) is 4.83. The van der Waals surface area contributed by atoms with Crippen LogP contribution in [0.2, 0.25) is 0 Å². The van der Waals surface area contributed by atoms with Gasteiger partial charge < -0.3 is 20.8 Å². The molecule has 0 amide bonds. The molecular weight excluding hydrogens is 324 g/mol. The Morgan fingerprint density at radius 1 is 0.923 bits per heavy atom. The Labute approximate surface area is 158 Å². The minimum absolute atomic E-state index is 0.558. The number of hydrogen-bond acceptors (Lipinski definition) is 5. The van der Waals surface area contributed by atoms with Gasteiger partial charge in [0, 0.05) is 26.2 Å². The van der Waals surface area contributed by atoms with Gasteiger partial charge in [-0.2, -0.15) is 4.98 Å². The summed E-state index contributed by atoms with van der Waals surface area (Å²) in [6, 6.07) is 6.98. The SMILES string of the molecule is CCCCCCCCCCc1ccc2oc(N(CCN)CCN)nc2c1. The summed E-state index contributed by atoms with van der Waals surface area (Å²) in [5.41, 5.74) is 14.5. The fraction of sp³-hybridized carbons (Fsp3) is 0.667. The average molecular weight is 361 g/mol. The molecule has 0 spiro atoms. The predicted molar refractivity (Wildman–Crippen MR) is 111 cm³/mol. The zero-order valence-electron chi connectivity index (χ0n) is 16.4. The summed E-state index contributed by atoms with van der Waals surface area (Å²) in [5.74, 6) is 0.